The minimum absolute atomic E-state index is 0.110. The number of rotatable bonds is 5. The molecule has 1 saturated carbocycles. The Hall–Kier alpha value is -1.39. The first kappa shape index (κ1) is 15.5. The molecule has 1 heterocycles. The normalized spacial score (nSPS) is 26.4. The Kier molecular flexibility index (Phi) is 5.11. The van der Waals surface area contributed by atoms with Gasteiger partial charge in [-0.25, -0.2) is 0 Å². The number of piperidine rings is 1. The van der Waals surface area contributed by atoms with Crippen molar-refractivity contribution in [2.45, 2.75) is 44.2 Å². The molecule has 1 aliphatic carbocycles. The van der Waals surface area contributed by atoms with Gasteiger partial charge >= 0.3 is 0 Å². The van der Waals surface area contributed by atoms with Crippen LogP contribution in [-0.2, 0) is 11.2 Å². The van der Waals surface area contributed by atoms with E-state index in [1.54, 1.807) is 0 Å². The van der Waals surface area contributed by atoms with Crippen LogP contribution in [0.5, 0.6) is 0 Å². The third kappa shape index (κ3) is 4.08. The molecule has 3 rings (SSSR count). The minimum Gasteiger partial charge on any atom is -0.391 e. The van der Waals surface area contributed by atoms with Crippen LogP contribution in [-0.4, -0.2) is 47.7 Å². The van der Waals surface area contributed by atoms with E-state index in [1.807, 2.05) is 18.2 Å². The first-order valence-corrected chi connectivity index (χ1v) is 8.44. The molecule has 0 radical (unpaired) electrons. The summed E-state index contributed by atoms with van der Waals surface area (Å²) < 4.78 is 0. The molecular weight excluding hydrogens is 276 g/mol. The molecule has 120 valence electrons. The van der Waals surface area contributed by atoms with Crippen molar-refractivity contribution in [1.82, 2.24) is 10.2 Å². The molecule has 0 aromatic heterocycles. The summed E-state index contributed by atoms with van der Waals surface area (Å²) in [7, 11) is 0. The van der Waals surface area contributed by atoms with Gasteiger partial charge in [-0.05, 0) is 50.1 Å². The zero-order valence-corrected chi connectivity index (χ0v) is 13.1. The van der Waals surface area contributed by atoms with Gasteiger partial charge in [-0.2, -0.15) is 0 Å². The van der Waals surface area contributed by atoms with Crippen LogP contribution >= 0.6 is 0 Å². The summed E-state index contributed by atoms with van der Waals surface area (Å²) in [5.41, 5.74) is 1.28. The summed E-state index contributed by atoms with van der Waals surface area (Å²) in [5, 5.41) is 13.4. The van der Waals surface area contributed by atoms with E-state index in [-0.39, 0.29) is 12.0 Å². The Bertz CT molecular complexity index is 487. The molecule has 0 bridgehead atoms. The third-order valence-corrected chi connectivity index (χ3v) is 4.98. The van der Waals surface area contributed by atoms with Gasteiger partial charge in [0.15, 0.2) is 0 Å². The molecular formula is C18H26N2O2. The van der Waals surface area contributed by atoms with Crippen molar-refractivity contribution >= 4 is 5.91 Å². The number of aliphatic hydroxyl groups is 1. The maximum atomic E-state index is 12.0. The van der Waals surface area contributed by atoms with Gasteiger partial charge in [-0.3, -0.25) is 9.69 Å². The summed E-state index contributed by atoms with van der Waals surface area (Å²) in [6.07, 6.45) is 5.00. The van der Waals surface area contributed by atoms with E-state index in [0.29, 0.717) is 25.0 Å². The van der Waals surface area contributed by atoms with Crippen molar-refractivity contribution < 1.29 is 9.90 Å². The molecule has 22 heavy (non-hydrogen) atoms. The maximum Gasteiger partial charge on any atom is 0.234 e. The van der Waals surface area contributed by atoms with Crippen molar-refractivity contribution in [2.75, 3.05) is 19.6 Å². The average Bonchev–Trinajstić information content (AvgIpc) is 2.47. The number of β-amino-alcohol motifs (C(OH)–C–C–N with tert-alkyl or cyclic N) is 1. The Morgan fingerprint density at radius 2 is 2.00 bits per heavy atom. The maximum absolute atomic E-state index is 12.0. The van der Waals surface area contributed by atoms with Crippen molar-refractivity contribution in [1.29, 1.82) is 0 Å². The number of likely N-dealkylation sites (tertiary alicyclic amines) is 1. The fourth-order valence-corrected chi connectivity index (χ4v) is 3.37. The molecule has 2 N–H and O–H groups in total. The summed E-state index contributed by atoms with van der Waals surface area (Å²) >= 11 is 0. The number of hydrogen-bond acceptors (Lipinski definition) is 3. The number of amides is 1. The Balaban J connectivity index is 1.44. The topological polar surface area (TPSA) is 52.6 Å². The fourth-order valence-electron chi connectivity index (χ4n) is 3.37. The van der Waals surface area contributed by atoms with Crippen LogP contribution in [0.4, 0.5) is 0 Å². The van der Waals surface area contributed by atoms with Gasteiger partial charge in [0, 0.05) is 12.6 Å². The van der Waals surface area contributed by atoms with Crippen LogP contribution in [0.2, 0.25) is 0 Å². The lowest BCUT2D eigenvalue weighted by Gasteiger charge is -2.36. The Morgan fingerprint density at radius 3 is 2.64 bits per heavy atom. The van der Waals surface area contributed by atoms with Crippen LogP contribution in [0, 0.1) is 5.92 Å². The van der Waals surface area contributed by atoms with Crippen LogP contribution in [0.15, 0.2) is 30.3 Å². The van der Waals surface area contributed by atoms with Gasteiger partial charge in [-0.1, -0.05) is 30.3 Å². The number of carbonyl (C=O) groups is 1. The Labute approximate surface area is 132 Å². The second-order valence-corrected chi connectivity index (χ2v) is 6.74. The summed E-state index contributed by atoms with van der Waals surface area (Å²) in [6, 6.07) is 10.7. The second kappa shape index (κ2) is 7.25. The largest absolute Gasteiger partial charge is 0.391 e. The number of hydrogen-bond donors (Lipinski definition) is 2. The molecule has 1 aromatic carbocycles. The van der Waals surface area contributed by atoms with Gasteiger partial charge in [0.1, 0.15) is 0 Å². The highest BCUT2D eigenvalue weighted by Gasteiger charge is 2.29. The first-order valence-electron chi connectivity index (χ1n) is 8.44. The molecule has 2 aliphatic rings. The van der Waals surface area contributed by atoms with Crippen molar-refractivity contribution in [3.05, 3.63) is 35.9 Å². The molecule has 1 saturated heterocycles. The third-order valence-electron chi connectivity index (χ3n) is 4.98. The van der Waals surface area contributed by atoms with Crippen LogP contribution in [0.1, 0.15) is 31.2 Å². The smallest absolute Gasteiger partial charge is 0.234 e. The molecule has 1 amide bonds. The molecule has 1 aromatic rings. The van der Waals surface area contributed by atoms with E-state index >= 15 is 0 Å². The van der Waals surface area contributed by atoms with E-state index in [1.165, 1.54) is 12.0 Å². The standard InChI is InChI=1S/C18H26N2O2/c21-17-12-20(13-18(22)19-16-7-4-8-16)10-9-15(17)11-14-5-2-1-3-6-14/h1-3,5-6,15-17,21H,4,7-13H2,(H,19,22)/t15-,17-/m1/s1. The number of nitrogens with one attached hydrogen (secondary N) is 1. The lowest BCUT2D eigenvalue weighted by molar-refractivity contribution is -0.124. The van der Waals surface area contributed by atoms with E-state index in [0.717, 1.165) is 32.2 Å². The SMILES string of the molecule is O=C(CN1CC[C@H](Cc2ccccc2)[C@H](O)C1)NC1CCC1. The summed E-state index contributed by atoms with van der Waals surface area (Å²) in [6.45, 7) is 1.92. The number of nitrogens with zero attached hydrogens (tertiary/aromatic N) is 1. The quantitative estimate of drug-likeness (QED) is 0.868. The van der Waals surface area contributed by atoms with Gasteiger partial charge in [-0.15, -0.1) is 0 Å². The predicted octanol–water partition coefficient (Wildman–Crippen LogP) is 1.58. The van der Waals surface area contributed by atoms with Crippen LogP contribution in [0.25, 0.3) is 0 Å². The molecule has 1 aliphatic heterocycles. The van der Waals surface area contributed by atoms with Crippen molar-refractivity contribution in [3.8, 4) is 0 Å². The fraction of sp³-hybridized carbons (Fsp3) is 0.611. The molecule has 4 heteroatoms. The molecule has 0 spiro atoms. The first-order chi connectivity index (χ1) is 10.7. The van der Waals surface area contributed by atoms with Gasteiger partial charge in [0.05, 0.1) is 12.6 Å². The van der Waals surface area contributed by atoms with Gasteiger partial charge < -0.3 is 10.4 Å². The zero-order chi connectivity index (χ0) is 15.4. The minimum atomic E-state index is -0.342. The van der Waals surface area contributed by atoms with E-state index in [4.69, 9.17) is 0 Å². The molecule has 4 nitrogen and oxygen atoms in total. The second-order valence-electron chi connectivity index (χ2n) is 6.74. The molecule has 2 fully saturated rings. The average molecular weight is 302 g/mol. The van der Waals surface area contributed by atoms with Crippen LogP contribution in [0.3, 0.4) is 0 Å². The van der Waals surface area contributed by atoms with E-state index < -0.39 is 0 Å². The monoisotopic (exact) mass is 302 g/mol. The Morgan fingerprint density at radius 1 is 1.23 bits per heavy atom. The molecule has 0 unspecified atom stereocenters. The van der Waals surface area contributed by atoms with Gasteiger partial charge in [0.25, 0.3) is 0 Å². The molecule has 2 atom stereocenters. The summed E-state index contributed by atoms with van der Waals surface area (Å²) in [4.78, 5) is 14.0. The number of benzene rings is 1. The van der Waals surface area contributed by atoms with Crippen molar-refractivity contribution in [3.63, 3.8) is 0 Å². The van der Waals surface area contributed by atoms with Gasteiger partial charge in [0.2, 0.25) is 5.91 Å². The van der Waals surface area contributed by atoms with E-state index in [9.17, 15) is 9.90 Å². The highest BCUT2D eigenvalue weighted by molar-refractivity contribution is 5.78. The predicted molar refractivity (Wildman–Crippen MR) is 86.5 cm³/mol. The lowest BCUT2D eigenvalue weighted by Crippen LogP contribution is -2.50. The lowest BCUT2D eigenvalue weighted by atomic mass is 9.88. The summed E-state index contributed by atoms with van der Waals surface area (Å²) in [5.74, 6) is 0.409. The number of aliphatic hydroxyl groups excluding tert-OH is 1. The van der Waals surface area contributed by atoms with E-state index in [2.05, 4.69) is 22.3 Å². The zero-order valence-electron chi connectivity index (χ0n) is 13.1. The van der Waals surface area contributed by atoms with Crippen LogP contribution < -0.4 is 5.32 Å². The van der Waals surface area contributed by atoms with Crippen molar-refractivity contribution in [2.24, 2.45) is 5.92 Å². The number of carbonyl (C=O) groups excluding carboxylic acids is 1. The highest BCUT2D eigenvalue weighted by atomic mass is 16.3. The highest BCUT2D eigenvalue weighted by Crippen LogP contribution is 2.22.